The smallest absolute Gasteiger partial charge is 0.229 e. The molecule has 1 N–H and O–H groups in total. The maximum atomic E-state index is 5.50. The van der Waals surface area contributed by atoms with E-state index >= 15 is 0 Å². The first kappa shape index (κ1) is 20.0. The normalized spacial score (nSPS) is 17.5. The van der Waals surface area contributed by atoms with Crippen molar-refractivity contribution >= 4 is 34.3 Å². The molecule has 0 spiro atoms. The lowest BCUT2D eigenvalue weighted by atomic mass is 10.2. The van der Waals surface area contributed by atoms with Crippen LogP contribution in [0.2, 0.25) is 0 Å². The molecule has 5 rings (SSSR count). The van der Waals surface area contributed by atoms with Gasteiger partial charge < -0.3 is 29.2 Å². The first-order chi connectivity index (χ1) is 15.2. The molecule has 31 heavy (non-hydrogen) atoms. The van der Waals surface area contributed by atoms with Crippen LogP contribution in [-0.4, -0.2) is 72.1 Å². The minimum Gasteiger partial charge on any atom is -0.378 e. The number of hydrogen-bond acceptors (Lipinski definition) is 8. The summed E-state index contributed by atoms with van der Waals surface area (Å²) in [4.78, 5) is 18.9. The van der Waals surface area contributed by atoms with Gasteiger partial charge in [0.2, 0.25) is 5.95 Å². The quantitative estimate of drug-likeness (QED) is 0.671. The Kier molecular flexibility index (Phi) is 5.61. The van der Waals surface area contributed by atoms with Crippen LogP contribution in [0.25, 0.3) is 11.2 Å². The van der Waals surface area contributed by atoms with Gasteiger partial charge in [-0.25, -0.2) is 4.98 Å². The first-order valence-electron chi connectivity index (χ1n) is 11.0. The highest BCUT2D eigenvalue weighted by molar-refractivity contribution is 5.87. The van der Waals surface area contributed by atoms with Crippen molar-refractivity contribution in [3.8, 4) is 0 Å². The summed E-state index contributed by atoms with van der Waals surface area (Å²) in [6, 6.07) is 8.72. The maximum absolute atomic E-state index is 5.50. The highest BCUT2D eigenvalue weighted by Gasteiger charge is 2.20. The Labute approximate surface area is 182 Å². The van der Waals surface area contributed by atoms with Crippen LogP contribution in [0, 0.1) is 0 Å². The fourth-order valence-electron chi connectivity index (χ4n) is 3.99. The van der Waals surface area contributed by atoms with E-state index in [2.05, 4.69) is 62.8 Å². The third-order valence-corrected chi connectivity index (χ3v) is 5.77. The van der Waals surface area contributed by atoms with Gasteiger partial charge in [0.15, 0.2) is 17.0 Å². The lowest BCUT2D eigenvalue weighted by Crippen LogP contribution is -2.37. The van der Waals surface area contributed by atoms with Crippen LogP contribution in [0.1, 0.15) is 19.9 Å². The van der Waals surface area contributed by atoms with Crippen molar-refractivity contribution in [2.75, 3.05) is 67.7 Å². The molecule has 0 bridgehead atoms. The summed E-state index contributed by atoms with van der Waals surface area (Å²) in [5, 5.41) is 3.48. The van der Waals surface area contributed by atoms with E-state index in [1.54, 1.807) is 0 Å². The van der Waals surface area contributed by atoms with Crippen LogP contribution in [0.5, 0.6) is 0 Å². The summed E-state index contributed by atoms with van der Waals surface area (Å²) in [5.74, 6) is 1.44. The topological polar surface area (TPSA) is 80.6 Å². The zero-order valence-electron chi connectivity index (χ0n) is 18.1. The molecule has 2 aromatic heterocycles. The van der Waals surface area contributed by atoms with Gasteiger partial charge in [0.05, 0.1) is 32.8 Å². The second-order valence-corrected chi connectivity index (χ2v) is 8.16. The Morgan fingerprint density at radius 3 is 2.16 bits per heavy atom. The monoisotopic (exact) mass is 423 g/mol. The number of anilines is 4. The van der Waals surface area contributed by atoms with Gasteiger partial charge in [-0.3, -0.25) is 0 Å². The molecule has 164 valence electrons. The zero-order chi connectivity index (χ0) is 21.2. The molecule has 0 unspecified atom stereocenters. The van der Waals surface area contributed by atoms with Gasteiger partial charge in [-0.2, -0.15) is 9.97 Å². The molecule has 2 aliphatic heterocycles. The Hall–Kier alpha value is -2.91. The summed E-state index contributed by atoms with van der Waals surface area (Å²) in [5.41, 5.74) is 3.81. The molecule has 2 fully saturated rings. The molecular formula is C22H29N7O2. The first-order valence-corrected chi connectivity index (χ1v) is 11.0. The lowest BCUT2D eigenvalue weighted by Gasteiger charge is -2.29. The Bertz CT molecular complexity index is 1020. The molecule has 2 aliphatic rings. The van der Waals surface area contributed by atoms with Crippen LogP contribution >= 0.6 is 0 Å². The molecule has 9 heteroatoms. The molecule has 3 aromatic rings. The van der Waals surface area contributed by atoms with Crippen molar-refractivity contribution in [2.24, 2.45) is 0 Å². The summed E-state index contributed by atoms with van der Waals surface area (Å²) in [6.45, 7) is 10.6. The zero-order valence-corrected chi connectivity index (χ0v) is 18.1. The molecule has 0 saturated carbocycles. The van der Waals surface area contributed by atoms with Crippen molar-refractivity contribution in [3.63, 3.8) is 0 Å². The van der Waals surface area contributed by atoms with E-state index in [0.717, 1.165) is 62.1 Å². The highest BCUT2D eigenvalue weighted by atomic mass is 16.5. The number of imidazole rings is 1. The van der Waals surface area contributed by atoms with Crippen LogP contribution in [0.15, 0.2) is 30.6 Å². The van der Waals surface area contributed by atoms with Crippen molar-refractivity contribution in [2.45, 2.75) is 19.9 Å². The minimum absolute atomic E-state index is 0.262. The van der Waals surface area contributed by atoms with Gasteiger partial charge in [-0.15, -0.1) is 0 Å². The number of ether oxygens (including phenoxy) is 2. The van der Waals surface area contributed by atoms with Gasteiger partial charge in [0.25, 0.3) is 0 Å². The van der Waals surface area contributed by atoms with Crippen molar-refractivity contribution in [1.29, 1.82) is 0 Å². The Morgan fingerprint density at radius 2 is 1.52 bits per heavy atom. The molecule has 9 nitrogen and oxygen atoms in total. The van der Waals surface area contributed by atoms with Crippen molar-refractivity contribution < 1.29 is 9.47 Å². The SMILES string of the molecule is CC(C)n1cnc2c(Nc3ccc(N4CCOCC4)cc3)nc(N3CCOCC3)nc21. The number of hydrogen-bond donors (Lipinski definition) is 1. The number of morpholine rings is 2. The standard InChI is InChI=1S/C22H29N7O2/c1-16(2)29-15-23-19-20(25-22(26-21(19)29)28-9-13-31-14-10-28)24-17-3-5-18(6-4-17)27-7-11-30-12-8-27/h3-6,15-16H,7-14H2,1-2H3,(H,24,25,26). The molecule has 1 aromatic carbocycles. The van der Waals surface area contributed by atoms with E-state index in [0.29, 0.717) is 19.2 Å². The van der Waals surface area contributed by atoms with E-state index in [1.165, 1.54) is 5.69 Å². The number of benzene rings is 1. The molecule has 2 saturated heterocycles. The number of nitrogens with one attached hydrogen (secondary N) is 1. The second kappa shape index (κ2) is 8.68. The van der Waals surface area contributed by atoms with E-state index in [-0.39, 0.29) is 6.04 Å². The Balaban J connectivity index is 1.46. The minimum atomic E-state index is 0.262. The fourth-order valence-corrected chi connectivity index (χ4v) is 3.99. The average molecular weight is 424 g/mol. The van der Waals surface area contributed by atoms with Gasteiger partial charge in [0, 0.05) is 43.6 Å². The third kappa shape index (κ3) is 4.15. The molecule has 0 amide bonds. The van der Waals surface area contributed by atoms with Crippen LogP contribution < -0.4 is 15.1 Å². The summed E-state index contributed by atoms with van der Waals surface area (Å²) in [7, 11) is 0. The van der Waals surface area contributed by atoms with Crippen LogP contribution in [0.3, 0.4) is 0 Å². The van der Waals surface area contributed by atoms with Crippen LogP contribution in [0.4, 0.5) is 23.1 Å². The summed E-state index contributed by atoms with van der Waals surface area (Å²) in [6.07, 6.45) is 1.85. The molecule has 0 atom stereocenters. The summed E-state index contributed by atoms with van der Waals surface area (Å²) >= 11 is 0. The van der Waals surface area contributed by atoms with E-state index in [1.807, 2.05) is 6.33 Å². The van der Waals surface area contributed by atoms with Gasteiger partial charge in [-0.1, -0.05) is 0 Å². The average Bonchev–Trinajstić information content (AvgIpc) is 3.25. The maximum Gasteiger partial charge on any atom is 0.229 e. The van der Waals surface area contributed by atoms with Gasteiger partial charge in [0.1, 0.15) is 0 Å². The number of rotatable bonds is 5. The van der Waals surface area contributed by atoms with Crippen molar-refractivity contribution in [3.05, 3.63) is 30.6 Å². The fraction of sp³-hybridized carbons (Fsp3) is 0.500. The molecular weight excluding hydrogens is 394 g/mol. The van der Waals surface area contributed by atoms with Gasteiger partial charge >= 0.3 is 0 Å². The number of aromatic nitrogens is 4. The van der Waals surface area contributed by atoms with Crippen LogP contribution in [-0.2, 0) is 9.47 Å². The van der Waals surface area contributed by atoms with E-state index < -0.39 is 0 Å². The predicted octanol–water partition coefficient (Wildman–Crippen LogP) is 2.82. The molecule has 4 heterocycles. The lowest BCUT2D eigenvalue weighted by molar-refractivity contribution is 0.122. The van der Waals surface area contributed by atoms with Crippen molar-refractivity contribution in [1.82, 2.24) is 19.5 Å². The third-order valence-electron chi connectivity index (χ3n) is 5.77. The van der Waals surface area contributed by atoms with Gasteiger partial charge in [-0.05, 0) is 38.1 Å². The highest BCUT2D eigenvalue weighted by Crippen LogP contribution is 2.28. The molecule has 0 aliphatic carbocycles. The molecule has 0 radical (unpaired) electrons. The van der Waals surface area contributed by atoms with E-state index in [9.17, 15) is 0 Å². The summed E-state index contributed by atoms with van der Waals surface area (Å²) < 4.78 is 13.0. The Morgan fingerprint density at radius 1 is 0.871 bits per heavy atom. The second-order valence-electron chi connectivity index (χ2n) is 8.16. The van der Waals surface area contributed by atoms with E-state index in [4.69, 9.17) is 19.4 Å². The number of nitrogens with zero attached hydrogens (tertiary/aromatic N) is 6. The predicted molar refractivity (Wildman–Crippen MR) is 121 cm³/mol. The largest absolute Gasteiger partial charge is 0.378 e. The number of fused-ring (bicyclic) bond motifs is 1.